The van der Waals surface area contributed by atoms with E-state index >= 15 is 0 Å². The van der Waals surface area contributed by atoms with Crippen LogP contribution in [0.15, 0.2) is 18.2 Å². The van der Waals surface area contributed by atoms with Crippen molar-refractivity contribution < 1.29 is 13.5 Å². The third-order valence-corrected chi connectivity index (χ3v) is 3.50. The van der Waals surface area contributed by atoms with Gasteiger partial charge in [0.15, 0.2) is 0 Å². The summed E-state index contributed by atoms with van der Waals surface area (Å²) in [5.41, 5.74) is 1.08. The number of hydrogen-bond donors (Lipinski definition) is 3. The van der Waals surface area contributed by atoms with Gasteiger partial charge < -0.3 is 5.11 Å². The smallest absolute Gasteiger partial charge is 0.299 e. The van der Waals surface area contributed by atoms with Crippen LogP contribution in [0.4, 0.5) is 5.69 Å². The Morgan fingerprint density at radius 3 is 2.62 bits per heavy atom. The number of benzene rings is 1. The fourth-order valence-corrected chi connectivity index (χ4v) is 2.49. The molecule has 0 unspecified atom stereocenters. The third kappa shape index (κ3) is 2.86. The van der Waals surface area contributed by atoms with Gasteiger partial charge in [-0.05, 0) is 43.5 Å². The predicted octanol–water partition coefficient (Wildman–Crippen LogP) is 1.11. The summed E-state index contributed by atoms with van der Waals surface area (Å²) in [6, 6.07) is 4.65. The summed E-state index contributed by atoms with van der Waals surface area (Å²) in [5, 5.41) is 9.30. The first-order chi connectivity index (χ1) is 7.46. The van der Waals surface area contributed by atoms with E-state index < -0.39 is 10.2 Å². The molecule has 5 nitrogen and oxygen atoms in total. The molecule has 88 valence electrons. The Morgan fingerprint density at radius 2 is 2.06 bits per heavy atom. The van der Waals surface area contributed by atoms with Crippen molar-refractivity contribution in [3.05, 3.63) is 23.8 Å². The molecule has 0 amide bonds. The minimum absolute atomic E-state index is 0.0794. The second-order valence-corrected chi connectivity index (χ2v) is 5.45. The Labute approximate surface area is 94.7 Å². The van der Waals surface area contributed by atoms with Gasteiger partial charge in [0.05, 0.1) is 5.69 Å². The number of anilines is 1. The number of phenols is 1. The fourth-order valence-electron chi connectivity index (χ4n) is 1.32. The maximum absolute atomic E-state index is 11.6. The van der Waals surface area contributed by atoms with Crippen LogP contribution >= 0.6 is 0 Å². The lowest BCUT2D eigenvalue weighted by Crippen LogP contribution is -2.31. The van der Waals surface area contributed by atoms with Gasteiger partial charge in [-0.2, -0.15) is 13.1 Å². The number of hydrogen-bond acceptors (Lipinski definition) is 3. The molecule has 0 saturated heterocycles. The zero-order valence-electron chi connectivity index (χ0n) is 8.90. The summed E-state index contributed by atoms with van der Waals surface area (Å²) < 4.78 is 28.0. The van der Waals surface area contributed by atoms with Crippen LogP contribution in [0.25, 0.3) is 0 Å². The average Bonchev–Trinajstić information content (AvgIpc) is 2.94. The van der Waals surface area contributed by atoms with Crippen molar-refractivity contribution in [3.63, 3.8) is 0 Å². The van der Waals surface area contributed by atoms with E-state index in [2.05, 4.69) is 9.44 Å². The van der Waals surface area contributed by atoms with Gasteiger partial charge in [-0.25, -0.2) is 0 Å². The lowest BCUT2D eigenvalue weighted by molar-refractivity contribution is 0.471. The molecule has 0 atom stereocenters. The Bertz CT molecular complexity index is 495. The number of aryl methyl sites for hydroxylation is 1. The van der Waals surface area contributed by atoms with E-state index in [9.17, 15) is 13.5 Å². The van der Waals surface area contributed by atoms with Crippen LogP contribution in [0.3, 0.4) is 0 Å². The van der Waals surface area contributed by atoms with E-state index in [1.807, 2.05) is 0 Å². The maximum atomic E-state index is 11.6. The first-order valence-corrected chi connectivity index (χ1v) is 6.54. The second kappa shape index (κ2) is 3.95. The molecule has 0 heterocycles. The summed E-state index contributed by atoms with van der Waals surface area (Å²) >= 11 is 0. The third-order valence-electron chi connectivity index (χ3n) is 2.35. The largest absolute Gasteiger partial charge is 0.508 e. The molecule has 1 aromatic carbocycles. The number of rotatable bonds is 4. The Hall–Kier alpha value is -1.27. The van der Waals surface area contributed by atoms with Gasteiger partial charge in [-0.3, -0.25) is 4.72 Å². The highest BCUT2D eigenvalue weighted by Crippen LogP contribution is 2.22. The summed E-state index contributed by atoms with van der Waals surface area (Å²) in [5.74, 6) is 0.151. The van der Waals surface area contributed by atoms with E-state index in [-0.39, 0.29) is 11.8 Å². The van der Waals surface area contributed by atoms with Crippen LogP contribution in [-0.4, -0.2) is 19.6 Å². The van der Waals surface area contributed by atoms with Gasteiger partial charge in [0, 0.05) is 6.04 Å². The zero-order chi connectivity index (χ0) is 11.8. The molecule has 0 aromatic heterocycles. The SMILES string of the molecule is Cc1cc(NS(=O)(=O)NC2CC2)ccc1O. The van der Waals surface area contributed by atoms with Crippen LogP contribution in [0, 0.1) is 6.92 Å². The first kappa shape index (κ1) is 11.2. The normalized spacial score (nSPS) is 16.1. The molecular formula is C10H14N2O3S. The minimum Gasteiger partial charge on any atom is -0.508 e. The fraction of sp³-hybridized carbons (Fsp3) is 0.400. The molecule has 0 bridgehead atoms. The molecule has 1 aliphatic rings. The lowest BCUT2D eigenvalue weighted by atomic mass is 10.2. The molecule has 1 fully saturated rings. The Kier molecular flexibility index (Phi) is 2.77. The molecule has 2 rings (SSSR count). The number of nitrogens with one attached hydrogen (secondary N) is 2. The highest BCUT2D eigenvalue weighted by atomic mass is 32.2. The lowest BCUT2D eigenvalue weighted by Gasteiger charge is -2.09. The molecule has 1 saturated carbocycles. The van der Waals surface area contributed by atoms with Gasteiger partial charge in [-0.15, -0.1) is 0 Å². The van der Waals surface area contributed by atoms with Gasteiger partial charge in [-0.1, -0.05) is 0 Å². The van der Waals surface area contributed by atoms with E-state index in [4.69, 9.17) is 0 Å². The standard InChI is InChI=1S/C10H14N2O3S/c1-7-6-9(4-5-10(7)13)12-16(14,15)11-8-2-3-8/h4-6,8,11-13H,2-3H2,1H3. The van der Waals surface area contributed by atoms with E-state index in [0.29, 0.717) is 11.3 Å². The van der Waals surface area contributed by atoms with Crippen molar-refractivity contribution in [2.75, 3.05) is 4.72 Å². The van der Waals surface area contributed by atoms with Crippen LogP contribution in [0.5, 0.6) is 5.75 Å². The van der Waals surface area contributed by atoms with Crippen LogP contribution < -0.4 is 9.44 Å². The molecule has 0 spiro atoms. The van der Waals surface area contributed by atoms with Crippen molar-refractivity contribution in [1.82, 2.24) is 4.72 Å². The molecule has 16 heavy (non-hydrogen) atoms. The predicted molar refractivity (Wildman–Crippen MR) is 61.5 cm³/mol. The number of phenolic OH excluding ortho intramolecular Hbond substituents is 1. The van der Waals surface area contributed by atoms with E-state index in [0.717, 1.165) is 12.8 Å². The summed E-state index contributed by atoms with van der Waals surface area (Å²) in [6.45, 7) is 1.71. The molecule has 6 heteroatoms. The van der Waals surface area contributed by atoms with Crippen LogP contribution in [0.1, 0.15) is 18.4 Å². The topological polar surface area (TPSA) is 78.4 Å². The van der Waals surface area contributed by atoms with Crippen molar-refractivity contribution in [2.45, 2.75) is 25.8 Å². The maximum Gasteiger partial charge on any atom is 0.299 e. The number of aromatic hydroxyl groups is 1. The molecule has 0 aliphatic heterocycles. The van der Waals surface area contributed by atoms with Gasteiger partial charge in [0.25, 0.3) is 10.2 Å². The molecule has 1 aromatic rings. The Morgan fingerprint density at radius 1 is 1.38 bits per heavy atom. The van der Waals surface area contributed by atoms with Crippen molar-refractivity contribution in [1.29, 1.82) is 0 Å². The van der Waals surface area contributed by atoms with E-state index in [1.165, 1.54) is 12.1 Å². The van der Waals surface area contributed by atoms with Crippen molar-refractivity contribution in [2.24, 2.45) is 0 Å². The van der Waals surface area contributed by atoms with Crippen molar-refractivity contribution >= 4 is 15.9 Å². The van der Waals surface area contributed by atoms with Gasteiger partial charge in [0.1, 0.15) is 5.75 Å². The Balaban J connectivity index is 2.10. The highest BCUT2D eigenvalue weighted by Gasteiger charge is 2.26. The highest BCUT2D eigenvalue weighted by molar-refractivity contribution is 7.90. The van der Waals surface area contributed by atoms with E-state index in [1.54, 1.807) is 13.0 Å². The summed E-state index contributed by atoms with van der Waals surface area (Å²) in [6.07, 6.45) is 1.80. The van der Waals surface area contributed by atoms with Crippen molar-refractivity contribution in [3.8, 4) is 5.75 Å². The van der Waals surface area contributed by atoms with Gasteiger partial charge in [0.2, 0.25) is 0 Å². The first-order valence-electron chi connectivity index (χ1n) is 5.06. The molecule has 1 aliphatic carbocycles. The quantitative estimate of drug-likeness (QED) is 0.692. The van der Waals surface area contributed by atoms with Crippen LogP contribution in [0.2, 0.25) is 0 Å². The zero-order valence-corrected chi connectivity index (χ0v) is 9.71. The molecule has 3 N–H and O–H groups in total. The molecular weight excluding hydrogens is 228 g/mol. The second-order valence-electron chi connectivity index (χ2n) is 4.00. The monoisotopic (exact) mass is 242 g/mol. The average molecular weight is 242 g/mol. The van der Waals surface area contributed by atoms with Crippen LogP contribution in [-0.2, 0) is 10.2 Å². The molecule has 0 radical (unpaired) electrons. The summed E-state index contributed by atoms with van der Waals surface area (Å²) in [4.78, 5) is 0. The minimum atomic E-state index is -3.48. The summed E-state index contributed by atoms with van der Waals surface area (Å²) in [7, 11) is -3.48. The van der Waals surface area contributed by atoms with Gasteiger partial charge >= 0.3 is 0 Å².